The van der Waals surface area contributed by atoms with Gasteiger partial charge in [-0.3, -0.25) is 9.88 Å². The van der Waals surface area contributed by atoms with Crippen LogP contribution < -0.4 is 5.73 Å². The molecule has 1 heterocycles. The van der Waals surface area contributed by atoms with Crippen molar-refractivity contribution in [1.29, 1.82) is 0 Å². The van der Waals surface area contributed by atoms with Gasteiger partial charge in [0.1, 0.15) is 0 Å². The Balaban J connectivity index is 2.45. The molecule has 3 nitrogen and oxygen atoms in total. The van der Waals surface area contributed by atoms with E-state index in [2.05, 4.69) is 36.8 Å². The first-order valence-corrected chi connectivity index (χ1v) is 5.44. The standard InChI is InChI=1S/C12H21N3/c1-10(13)7-11(2)15(3)9-12-5-4-6-14-8-12/h4-6,8,10-11H,7,9,13H2,1-3H3. The number of nitrogens with zero attached hydrogens (tertiary/aromatic N) is 2. The third-order valence-electron chi connectivity index (χ3n) is 2.62. The number of hydrogen-bond acceptors (Lipinski definition) is 3. The lowest BCUT2D eigenvalue weighted by Gasteiger charge is -2.25. The Morgan fingerprint density at radius 2 is 2.20 bits per heavy atom. The average molecular weight is 207 g/mol. The molecule has 0 bridgehead atoms. The second-order valence-corrected chi connectivity index (χ2v) is 4.34. The second kappa shape index (κ2) is 5.83. The maximum Gasteiger partial charge on any atom is 0.0312 e. The van der Waals surface area contributed by atoms with E-state index in [1.807, 2.05) is 12.3 Å². The van der Waals surface area contributed by atoms with E-state index in [0.29, 0.717) is 6.04 Å². The Labute approximate surface area is 92.3 Å². The number of aromatic nitrogens is 1. The first-order chi connectivity index (χ1) is 7.09. The molecule has 3 heteroatoms. The molecule has 15 heavy (non-hydrogen) atoms. The Bertz CT molecular complexity index is 271. The van der Waals surface area contributed by atoms with Crippen LogP contribution in [0.2, 0.25) is 0 Å². The van der Waals surface area contributed by atoms with Crippen LogP contribution in [0.25, 0.3) is 0 Å². The Morgan fingerprint density at radius 1 is 1.47 bits per heavy atom. The highest BCUT2D eigenvalue weighted by atomic mass is 15.1. The van der Waals surface area contributed by atoms with Gasteiger partial charge < -0.3 is 5.73 Å². The van der Waals surface area contributed by atoms with Gasteiger partial charge in [-0.15, -0.1) is 0 Å². The fourth-order valence-electron chi connectivity index (χ4n) is 1.65. The highest BCUT2D eigenvalue weighted by Crippen LogP contribution is 2.08. The minimum absolute atomic E-state index is 0.261. The number of pyridine rings is 1. The van der Waals surface area contributed by atoms with Crippen molar-refractivity contribution < 1.29 is 0 Å². The molecule has 0 aliphatic carbocycles. The van der Waals surface area contributed by atoms with Crippen LogP contribution in [0.15, 0.2) is 24.5 Å². The van der Waals surface area contributed by atoms with E-state index in [1.165, 1.54) is 5.56 Å². The largest absolute Gasteiger partial charge is 0.328 e. The predicted molar refractivity (Wildman–Crippen MR) is 63.4 cm³/mol. The van der Waals surface area contributed by atoms with E-state index in [0.717, 1.165) is 13.0 Å². The zero-order valence-electron chi connectivity index (χ0n) is 9.85. The summed E-state index contributed by atoms with van der Waals surface area (Å²) in [5.41, 5.74) is 7.03. The molecule has 0 radical (unpaired) electrons. The minimum atomic E-state index is 0.261. The summed E-state index contributed by atoms with van der Waals surface area (Å²) in [6.45, 7) is 5.19. The van der Waals surface area contributed by atoms with Crippen LogP contribution in [-0.2, 0) is 6.54 Å². The van der Waals surface area contributed by atoms with Gasteiger partial charge in [-0.25, -0.2) is 0 Å². The van der Waals surface area contributed by atoms with Crippen molar-refractivity contribution in [1.82, 2.24) is 9.88 Å². The SMILES string of the molecule is CC(N)CC(C)N(C)Cc1cccnc1. The third-order valence-corrected chi connectivity index (χ3v) is 2.62. The van der Waals surface area contributed by atoms with Gasteiger partial charge in [-0.05, 0) is 38.9 Å². The summed E-state index contributed by atoms with van der Waals surface area (Å²) in [5.74, 6) is 0. The van der Waals surface area contributed by atoms with E-state index < -0.39 is 0 Å². The van der Waals surface area contributed by atoms with Crippen molar-refractivity contribution in [3.05, 3.63) is 30.1 Å². The van der Waals surface area contributed by atoms with Crippen molar-refractivity contribution in [2.24, 2.45) is 5.73 Å². The molecule has 1 aromatic rings. The molecular formula is C12H21N3. The molecular weight excluding hydrogens is 186 g/mol. The first kappa shape index (κ1) is 12.1. The monoisotopic (exact) mass is 207 g/mol. The maximum atomic E-state index is 5.79. The van der Waals surface area contributed by atoms with E-state index in [9.17, 15) is 0 Å². The highest BCUT2D eigenvalue weighted by Gasteiger charge is 2.11. The van der Waals surface area contributed by atoms with E-state index in [-0.39, 0.29) is 6.04 Å². The Kier molecular flexibility index (Phi) is 4.72. The molecule has 0 aromatic carbocycles. The summed E-state index contributed by atoms with van der Waals surface area (Å²) in [6.07, 6.45) is 4.74. The molecule has 0 spiro atoms. The molecule has 84 valence electrons. The van der Waals surface area contributed by atoms with Crippen molar-refractivity contribution in [2.75, 3.05) is 7.05 Å². The van der Waals surface area contributed by atoms with Gasteiger partial charge in [-0.2, -0.15) is 0 Å². The van der Waals surface area contributed by atoms with Crippen molar-refractivity contribution in [3.8, 4) is 0 Å². The predicted octanol–water partition coefficient (Wildman–Crippen LogP) is 1.64. The summed E-state index contributed by atoms with van der Waals surface area (Å²) in [7, 11) is 2.13. The molecule has 1 rings (SSSR count). The van der Waals surface area contributed by atoms with Crippen molar-refractivity contribution in [3.63, 3.8) is 0 Å². The van der Waals surface area contributed by atoms with Crippen LogP contribution in [0.4, 0.5) is 0 Å². The molecule has 2 N–H and O–H groups in total. The maximum absolute atomic E-state index is 5.79. The summed E-state index contributed by atoms with van der Waals surface area (Å²) in [6, 6.07) is 4.84. The molecule has 0 saturated carbocycles. The zero-order valence-corrected chi connectivity index (χ0v) is 9.85. The number of rotatable bonds is 5. The molecule has 0 fully saturated rings. The van der Waals surface area contributed by atoms with Crippen LogP contribution in [0.1, 0.15) is 25.8 Å². The topological polar surface area (TPSA) is 42.1 Å². The summed E-state index contributed by atoms with van der Waals surface area (Å²) >= 11 is 0. The molecule has 2 unspecified atom stereocenters. The average Bonchev–Trinajstić information content (AvgIpc) is 2.18. The fourth-order valence-corrected chi connectivity index (χ4v) is 1.65. The second-order valence-electron chi connectivity index (χ2n) is 4.34. The fraction of sp³-hybridized carbons (Fsp3) is 0.583. The van der Waals surface area contributed by atoms with Gasteiger partial charge in [0.15, 0.2) is 0 Å². The molecule has 0 saturated heterocycles. The summed E-state index contributed by atoms with van der Waals surface area (Å²) < 4.78 is 0. The quantitative estimate of drug-likeness (QED) is 0.798. The van der Waals surface area contributed by atoms with E-state index in [4.69, 9.17) is 5.73 Å². The molecule has 0 aliphatic heterocycles. The summed E-state index contributed by atoms with van der Waals surface area (Å²) in [4.78, 5) is 6.41. The van der Waals surface area contributed by atoms with Gasteiger partial charge in [0, 0.05) is 31.0 Å². The van der Waals surface area contributed by atoms with Gasteiger partial charge >= 0.3 is 0 Å². The van der Waals surface area contributed by atoms with Crippen LogP contribution in [0, 0.1) is 0 Å². The lowest BCUT2D eigenvalue weighted by molar-refractivity contribution is 0.230. The molecule has 0 aliphatic rings. The molecule has 0 amide bonds. The zero-order chi connectivity index (χ0) is 11.3. The van der Waals surface area contributed by atoms with Gasteiger partial charge in [0.05, 0.1) is 0 Å². The van der Waals surface area contributed by atoms with Crippen molar-refractivity contribution in [2.45, 2.75) is 38.9 Å². The normalized spacial score (nSPS) is 15.3. The number of hydrogen-bond donors (Lipinski definition) is 1. The lowest BCUT2D eigenvalue weighted by Crippen LogP contribution is -2.33. The van der Waals surface area contributed by atoms with Gasteiger partial charge in [-0.1, -0.05) is 6.07 Å². The van der Waals surface area contributed by atoms with Crippen LogP contribution >= 0.6 is 0 Å². The van der Waals surface area contributed by atoms with Gasteiger partial charge in [0.2, 0.25) is 0 Å². The molecule has 2 atom stereocenters. The van der Waals surface area contributed by atoms with Crippen LogP contribution in [0.3, 0.4) is 0 Å². The lowest BCUT2D eigenvalue weighted by atomic mass is 10.1. The molecule has 1 aromatic heterocycles. The third kappa shape index (κ3) is 4.40. The van der Waals surface area contributed by atoms with Crippen LogP contribution in [0.5, 0.6) is 0 Å². The highest BCUT2D eigenvalue weighted by molar-refractivity contribution is 5.08. The van der Waals surface area contributed by atoms with Crippen molar-refractivity contribution >= 4 is 0 Å². The smallest absolute Gasteiger partial charge is 0.0312 e. The first-order valence-electron chi connectivity index (χ1n) is 5.44. The number of nitrogens with two attached hydrogens (primary N) is 1. The van der Waals surface area contributed by atoms with E-state index in [1.54, 1.807) is 6.20 Å². The minimum Gasteiger partial charge on any atom is -0.328 e. The Morgan fingerprint density at radius 3 is 2.73 bits per heavy atom. The van der Waals surface area contributed by atoms with E-state index >= 15 is 0 Å². The summed E-state index contributed by atoms with van der Waals surface area (Å²) in [5, 5.41) is 0. The van der Waals surface area contributed by atoms with Gasteiger partial charge in [0.25, 0.3) is 0 Å². The Hall–Kier alpha value is -0.930. The van der Waals surface area contributed by atoms with Crippen LogP contribution in [-0.4, -0.2) is 29.0 Å².